The van der Waals surface area contributed by atoms with Gasteiger partial charge in [-0.2, -0.15) is 0 Å². The van der Waals surface area contributed by atoms with E-state index in [4.69, 9.17) is 21.1 Å². The van der Waals surface area contributed by atoms with Gasteiger partial charge in [0.1, 0.15) is 17.9 Å². The Morgan fingerprint density at radius 2 is 1.74 bits per heavy atom. The topological polar surface area (TPSA) is 105 Å². The average Bonchev–Trinajstić information content (AvgIpc) is 2.84. The van der Waals surface area contributed by atoms with Crippen molar-refractivity contribution in [3.63, 3.8) is 0 Å². The number of hydrogen-bond donors (Lipinski definition) is 2. The van der Waals surface area contributed by atoms with Crippen molar-refractivity contribution in [2.75, 3.05) is 12.0 Å². The lowest BCUT2D eigenvalue weighted by Gasteiger charge is -2.26. The lowest BCUT2D eigenvalue weighted by atomic mass is 10.1. The maximum Gasteiger partial charge on any atom is 0.335 e. The van der Waals surface area contributed by atoms with Crippen LogP contribution in [0.5, 0.6) is 17.2 Å². The first-order valence-corrected chi connectivity index (χ1v) is 11.4. The third-order valence-electron chi connectivity index (χ3n) is 5.10. The summed E-state index contributed by atoms with van der Waals surface area (Å²) in [5, 5.41) is 12.8. The number of rotatable bonds is 6. The maximum absolute atomic E-state index is 13.1. The molecule has 35 heavy (non-hydrogen) atoms. The summed E-state index contributed by atoms with van der Waals surface area (Å²) < 4.78 is 11.2. The predicted molar refractivity (Wildman–Crippen MR) is 134 cm³/mol. The molecule has 0 radical (unpaired) electrons. The van der Waals surface area contributed by atoms with Gasteiger partial charge in [-0.05, 0) is 81.7 Å². The van der Waals surface area contributed by atoms with Crippen molar-refractivity contribution in [3.8, 4) is 17.2 Å². The number of hydrogen-bond acceptors (Lipinski definition) is 6. The van der Waals surface area contributed by atoms with E-state index >= 15 is 0 Å². The number of nitrogens with zero attached hydrogens (tertiary/aromatic N) is 1. The van der Waals surface area contributed by atoms with Crippen LogP contribution in [0.4, 0.5) is 10.5 Å². The standard InChI is InChI=1S/C25H18BrClN2O6/c1-34-21-12-15(11-20(26)22(21)30)10-19-23(31)28-25(33)29(24(19)32)17-6-8-18(9-7-17)35-13-14-2-4-16(27)5-3-14/h2-12,30H,13H2,1H3,(H,28,31,33)/b19-10+. The molecule has 1 aliphatic rings. The Morgan fingerprint density at radius 1 is 1.06 bits per heavy atom. The number of carbonyl (C=O) groups is 3. The summed E-state index contributed by atoms with van der Waals surface area (Å²) in [5.74, 6) is -1.07. The number of anilines is 1. The van der Waals surface area contributed by atoms with Crippen LogP contribution < -0.4 is 19.7 Å². The molecule has 1 saturated heterocycles. The Bertz CT molecular complexity index is 1340. The molecule has 0 aromatic heterocycles. The molecule has 1 heterocycles. The molecule has 0 saturated carbocycles. The van der Waals surface area contributed by atoms with Gasteiger partial charge in [0, 0.05) is 5.02 Å². The summed E-state index contributed by atoms with van der Waals surface area (Å²) in [6.45, 7) is 0.312. The van der Waals surface area contributed by atoms with Gasteiger partial charge < -0.3 is 14.6 Å². The summed E-state index contributed by atoms with van der Waals surface area (Å²) in [4.78, 5) is 38.9. The normalized spacial score (nSPS) is 14.8. The predicted octanol–water partition coefficient (Wildman–Crippen LogP) is 5.06. The third kappa shape index (κ3) is 5.31. The van der Waals surface area contributed by atoms with Crippen molar-refractivity contribution >= 4 is 57.1 Å². The van der Waals surface area contributed by atoms with Crippen LogP contribution in [0.15, 0.2) is 70.7 Å². The molecule has 3 aromatic rings. The number of barbiturate groups is 1. The number of nitrogens with one attached hydrogen (secondary N) is 1. The lowest BCUT2D eigenvalue weighted by molar-refractivity contribution is -0.122. The van der Waals surface area contributed by atoms with Gasteiger partial charge in [-0.15, -0.1) is 0 Å². The number of methoxy groups -OCH3 is 1. The minimum atomic E-state index is -0.864. The van der Waals surface area contributed by atoms with Gasteiger partial charge in [0.25, 0.3) is 11.8 Å². The van der Waals surface area contributed by atoms with E-state index in [9.17, 15) is 19.5 Å². The van der Waals surface area contributed by atoms with Crippen LogP contribution in [0.1, 0.15) is 11.1 Å². The fourth-order valence-electron chi connectivity index (χ4n) is 3.33. The zero-order valence-electron chi connectivity index (χ0n) is 18.2. The van der Waals surface area contributed by atoms with E-state index < -0.39 is 17.8 Å². The largest absolute Gasteiger partial charge is 0.503 e. The van der Waals surface area contributed by atoms with Crippen molar-refractivity contribution in [2.45, 2.75) is 6.61 Å². The summed E-state index contributed by atoms with van der Waals surface area (Å²) >= 11 is 9.09. The van der Waals surface area contributed by atoms with Crippen molar-refractivity contribution in [3.05, 3.63) is 86.9 Å². The summed E-state index contributed by atoms with van der Waals surface area (Å²) in [6.07, 6.45) is 1.31. The van der Waals surface area contributed by atoms with Gasteiger partial charge in [0.15, 0.2) is 11.5 Å². The molecule has 178 valence electrons. The molecule has 0 bridgehead atoms. The van der Waals surface area contributed by atoms with Gasteiger partial charge in [0.2, 0.25) is 0 Å². The average molecular weight is 558 g/mol. The fourth-order valence-corrected chi connectivity index (χ4v) is 3.92. The summed E-state index contributed by atoms with van der Waals surface area (Å²) in [5.41, 5.74) is 1.33. The van der Waals surface area contributed by atoms with Gasteiger partial charge in [-0.25, -0.2) is 9.69 Å². The highest BCUT2D eigenvalue weighted by Crippen LogP contribution is 2.36. The number of halogens is 2. The number of imide groups is 2. The first-order chi connectivity index (χ1) is 16.8. The number of benzene rings is 3. The van der Waals surface area contributed by atoms with Gasteiger partial charge in [-0.1, -0.05) is 23.7 Å². The monoisotopic (exact) mass is 556 g/mol. The Morgan fingerprint density at radius 3 is 2.40 bits per heavy atom. The molecule has 1 fully saturated rings. The van der Waals surface area contributed by atoms with Crippen LogP contribution in [0.2, 0.25) is 5.02 Å². The first kappa shape index (κ1) is 24.3. The molecule has 0 unspecified atom stereocenters. The van der Waals surface area contributed by atoms with Gasteiger partial charge in [0.05, 0.1) is 17.3 Å². The van der Waals surface area contributed by atoms with Crippen molar-refractivity contribution in [2.24, 2.45) is 0 Å². The molecule has 10 heteroatoms. The molecule has 0 spiro atoms. The SMILES string of the molecule is COc1cc(/C=C2\C(=O)NC(=O)N(c3ccc(OCc4ccc(Cl)cc4)cc3)C2=O)cc(Br)c1O. The van der Waals surface area contributed by atoms with Gasteiger partial charge in [-0.3, -0.25) is 14.9 Å². The smallest absolute Gasteiger partial charge is 0.335 e. The van der Waals surface area contributed by atoms with Crippen LogP contribution in [0, 0.1) is 0 Å². The molecule has 8 nitrogen and oxygen atoms in total. The number of aromatic hydroxyl groups is 1. The number of phenols is 1. The molecule has 3 aromatic carbocycles. The van der Waals surface area contributed by atoms with E-state index in [-0.39, 0.29) is 22.8 Å². The van der Waals surface area contributed by atoms with E-state index in [0.717, 1.165) is 10.5 Å². The Kier molecular flexibility index (Phi) is 7.09. The van der Waals surface area contributed by atoms with Crippen molar-refractivity contribution < 1.29 is 29.0 Å². The summed E-state index contributed by atoms with van der Waals surface area (Å²) in [7, 11) is 1.38. The van der Waals surface area contributed by atoms with Crippen LogP contribution in [-0.2, 0) is 16.2 Å². The minimum Gasteiger partial charge on any atom is -0.503 e. The van der Waals surface area contributed by atoms with E-state index in [0.29, 0.717) is 27.4 Å². The van der Waals surface area contributed by atoms with Crippen molar-refractivity contribution in [1.29, 1.82) is 0 Å². The molecule has 4 rings (SSSR count). The number of phenolic OH excluding ortho intramolecular Hbond substituents is 1. The second kappa shape index (κ2) is 10.2. The van der Waals surface area contributed by atoms with Gasteiger partial charge >= 0.3 is 6.03 Å². The number of ether oxygens (including phenoxy) is 2. The molecular formula is C25H18BrClN2O6. The molecule has 1 aliphatic heterocycles. The molecular weight excluding hydrogens is 540 g/mol. The Balaban J connectivity index is 1.55. The van der Waals surface area contributed by atoms with E-state index in [1.54, 1.807) is 36.4 Å². The second-order valence-corrected chi connectivity index (χ2v) is 8.71. The van der Waals surface area contributed by atoms with E-state index in [1.807, 2.05) is 12.1 Å². The third-order valence-corrected chi connectivity index (χ3v) is 5.95. The first-order valence-electron chi connectivity index (χ1n) is 10.2. The van der Waals surface area contributed by atoms with Crippen molar-refractivity contribution in [1.82, 2.24) is 5.32 Å². The zero-order valence-corrected chi connectivity index (χ0v) is 20.6. The summed E-state index contributed by atoms with van der Waals surface area (Å²) in [6, 6.07) is 15.7. The molecule has 0 aliphatic carbocycles. The fraction of sp³-hybridized carbons (Fsp3) is 0.0800. The molecule has 0 atom stereocenters. The van der Waals surface area contributed by atoms with E-state index in [1.165, 1.54) is 25.3 Å². The highest BCUT2D eigenvalue weighted by Gasteiger charge is 2.36. The molecule has 4 amide bonds. The highest BCUT2D eigenvalue weighted by molar-refractivity contribution is 9.10. The van der Waals surface area contributed by atoms with Crippen LogP contribution in [0.3, 0.4) is 0 Å². The molecule has 2 N–H and O–H groups in total. The minimum absolute atomic E-state index is 0.121. The zero-order chi connectivity index (χ0) is 25.1. The number of carbonyl (C=O) groups excluding carboxylic acids is 3. The Hall–Kier alpha value is -3.82. The van der Waals surface area contributed by atoms with Crippen LogP contribution in [0.25, 0.3) is 6.08 Å². The maximum atomic E-state index is 13.1. The number of urea groups is 1. The quantitative estimate of drug-likeness (QED) is 0.324. The Labute approximate surface area is 213 Å². The second-order valence-electron chi connectivity index (χ2n) is 7.42. The number of amides is 4. The van der Waals surface area contributed by atoms with E-state index in [2.05, 4.69) is 21.2 Å². The van der Waals surface area contributed by atoms with Crippen LogP contribution >= 0.6 is 27.5 Å². The van der Waals surface area contributed by atoms with Crippen LogP contribution in [-0.4, -0.2) is 30.1 Å². The highest BCUT2D eigenvalue weighted by atomic mass is 79.9. The lowest BCUT2D eigenvalue weighted by Crippen LogP contribution is -2.54.